The number of hydrogen-bond donors (Lipinski definition) is 1. The number of ether oxygens (including phenoxy) is 1. The van der Waals surface area contributed by atoms with Crippen molar-refractivity contribution in [2.45, 2.75) is 6.23 Å². The monoisotopic (exact) mass is 438 g/mol. The van der Waals surface area contributed by atoms with Crippen LogP contribution in [0.3, 0.4) is 0 Å². The molecule has 1 aliphatic rings. The summed E-state index contributed by atoms with van der Waals surface area (Å²) >= 11 is 0. The molecular weight excluding hydrogens is 416 g/mol. The van der Waals surface area contributed by atoms with E-state index in [-0.39, 0.29) is 6.23 Å². The third kappa shape index (κ3) is 2.91. The van der Waals surface area contributed by atoms with Gasteiger partial charge in [-0.1, -0.05) is 91.0 Å². The number of para-hydroxylation sites is 1. The van der Waals surface area contributed by atoms with Crippen molar-refractivity contribution >= 4 is 27.5 Å². The largest absolute Gasteiger partial charge is 0.464 e. The van der Waals surface area contributed by atoms with E-state index in [2.05, 4.69) is 107 Å². The zero-order valence-corrected chi connectivity index (χ0v) is 18.5. The summed E-state index contributed by atoms with van der Waals surface area (Å²) in [6.45, 7) is 0. The van der Waals surface area contributed by atoms with Gasteiger partial charge in [0.05, 0.1) is 22.1 Å². The van der Waals surface area contributed by atoms with Crippen molar-refractivity contribution in [2.75, 3.05) is 5.32 Å². The number of fused-ring (bicyclic) bond motifs is 5. The number of rotatable bonds is 3. The fourth-order valence-electron chi connectivity index (χ4n) is 5.04. The number of nitrogens with zero attached hydrogens (tertiary/aromatic N) is 1. The van der Waals surface area contributed by atoms with Crippen molar-refractivity contribution in [3.8, 4) is 22.6 Å². The summed E-state index contributed by atoms with van der Waals surface area (Å²) in [6, 6.07) is 42.5. The van der Waals surface area contributed by atoms with Crippen LogP contribution in [0.15, 0.2) is 121 Å². The van der Waals surface area contributed by atoms with Gasteiger partial charge in [-0.3, -0.25) is 0 Å². The lowest BCUT2D eigenvalue weighted by molar-refractivity contribution is 0.263. The van der Waals surface area contributed by atoms with Gasteiger partial charge >= 0.3 is 0 Å². The minimum absolute atomic E-state index is 0.186. The van der Waals surface area contributed by atoms with Gasteiger partial charge in [0, 0.05) is 16.6 Å². The first-order valence-corrected chi connectivity index (χ1v) is 11.6. The molecule has 0 bridgehead atoms. The van der Waals surface area contributed by atoms with Gasteiger partial charge < -0.3 is 14.6 Å². The maximum Gasteiger partial charge on any atom is 0.196 e. The van der Waals surface area contributed by atoms with Crippen molar-refractivity contribution in [1.29, 1.82) is 0 Å². The number of anilines is 1. The van der Waals surface area contributed by atoms with Crippen LogP contribution in [-0.2, 0) is 0 Å². The van der Waals surface area contributed by atoms with Crippen molar-refractivity contribution in [1.82, 2.24) is 4.57 Å². The van der Waals surface area contributed by atoms with E-state index in [0.29, 0.717) is 0 Å². The summed E-state index contributed by atoms with van der Waals surface area (Å²) in [7, 11) is 0. The molecule has 0 spiro atoms. The van der Waals surface area contributed by atoms with Crippen LogP contribution < -0.4 is 10.1 Å². The van der Waals surface area contributed by atoms with E-state index in [9.17, 15) is 0 Å². The maximum absolute atomic E-state index is 6.52. The molecule has 0 amide bonds. The standard InChI is InChI=1S/C31H22N2O/c1-3-9-21(10-4-1)22-15-17-24(18-16-22)33-27-14-8-7-13-25(27)29-28(33)20-19-26-30(29)34-31(32-26)23-11-5-2-6-12-23/h1-20,31-32H. The van der Waals surface area contributed by atoms with Crippen molar-refractivity contribution in [3.05, 3.63) is 127 Å². The number of aromatic nitrogens is 1. The van der Waals surface area contributed by atoms with E-state index in [0.717, 1.165) is 33.6 Å². The number of hydrogen-bond acceptors (Lipinski definition) is 2. The van der Waals surface area contributed by atoms with Crippen molar-refractivity contribution < 1.29 is 4.74 Å². The Labute approximate surface area is 197 Å². The Morgan fingerprint density at radius 3 is 2.06 bits per heavy atom. The van der Waals surface area contributed by atoms with E-state index < -0.39 is 0 Å². The van der Waals surface area contributed by atoms with Gasteiger partial charge in [0.25, 0.3) is 0 Å². The average molecular weight is 439 g/mol. The Bertz CT molecular complexity index is 1630. The average Bonchev–Trinajstić information content (AvgIpc) is 3.49. The van der Waals surface area contributed by atoms with Crippen LogP contribution in [0.25, 0.3) is 38.6 Å². The van der Waals surface area contributed by atoms with E-state index in [4.69, 9.17) is 4.74 Å². The van der Waals surface area contributed by atoms with Crippen LogP contribution in [0.4, 0.5) is 5.69 Å². The number of nitrogens with one attached hydrogen (secondary N) is 1. The van der Waals surface area contributed by atoms with E-state index in [1.54, 1.807) is 0 Å². The molecule has 1 atom stereocenters. The highest BCUT2D eigenvalue weighted by Gasteiger charge is 2.28. The predicted molar refractivity (Wildman–Crippen MR) is 140 cm³/mol. The van der Waals surface area contributed by atoms with Crippen LogP contribution >= 0.6 is 0 Å². The summed E-state index contributed by atoms with van der Waals surface area (Å²) in [4.78, 5) is 0. The lowest BCUT2D eigenvalue weighted by Crippen LogP contribution is -2.09. The van der Waals surface area contributed by atoms with Crippen LogP contribution in [-0.4, -0.2) is 4.57 Å². The first kappa shape index (κ1) is 19.0. The minimum Gasteiger partial charge on any atom is -0.464 e. The minimum atomic E-state index is -0.186. The third-order valence-corrected chi connectivity index (χ3v) is 6.65. The maximum atomic E-state index is 6.52. The molecule has 0 radical (unpaired) electrons. The highest BCUT2D eigenvalue weighted by molar-refractivity contribution is 6.14. The molecule has 1 N–H and O–H groups in total. The van der Waals surface area contributed by atoms with Crippen LogP contribution in [0.1, 0.15) is 11.8 Å². The third-order valence-electron chi connectivity index (χ3n) is 6.65. The Morgan fingerprint density at radius 1 is 0.588 bits per heavy atom. The van der Waals surface area contributed by atoms with Gasteiger partial charge in [-0.2, -0.15) is 0 Å². The van der Waals surface area contributed by atoms with Gasteiger partial charge in [-0.05, 0) is 41.5 Å². The molecule has 6 aromatic rings. The zero-order chi connectivity index (χ0) is 22.5. The lowest BCUT2D eigenvalue weighted by Gasteiger charge is -2.11. The second-order valence-corrected chi connectivity index (χ2v) is 8.65. The zero-order valence-electron chi connectivity index (χ0n) is 18.5. The van der Waals surface area contributed by atoms with Gasteiger partial charge in [-0.25, -0.2) is 0 Å². The number of benzene rings is 5. The molecule has 162 valence electrons. The Kier molecular flexibility index (Phi) is 4.21. The lowest BCUT2D eigenvalue weighted by atomic mass is 10.1. The summed E-state index contributed by atoms with van der Waals surface area (Å²) in [5.41, 5.74) is 8.03. The molecule has 0 saturated carbocycles. The van der Waals surface area contributed by atoms with Crippen LogP contribution in [0, 0.1) is 0 Å². The van der Waals surface area contributed by atoms with E-state index in [1.807, 2.05) is 24.3 Å². The van der Waals surface area contributed by atoms with Crippen molar-refractivity contribution in [3.63, 3.8) is 0 Å². The summed E-state index contributed by atoms with van der Waals surface area (Å²) in [5.74, 6) is 0.919. The molecule has 3 nitrogen and oxygen atoms in total. The Morgan fingerprint density at radius 2 is 1.26 bits per heavy atom. The quantitative estimate of drug-likeness (QED) is 0.303. The Hall–Kier alpha value is -4.50. The second-order valence-electron chi connectivity index (χ2n) is 8.65. The van der Waals surface area contributed by atoms with Gasteiger partial charge in [-0.15, -0.1) is 0 Å². The van der Waals surface area contributed by atoms with E-state index >= 15 is 0 Å². The van der Waals surface area contributed by atoms with Crippen molar-refractivity contribution in [2.24, 2.45) is 0 Å². The first-order chi connectivity index (χ1) is 16.9. The molecule has 0 saturated heterocycles. The van der Waals surface area contributed by atoms with E-state index in [1.165, 1.54) is 22.0 Å². The molecule has 1 aliphatic heterocycles. The molecule has 0 aliphatic carbocycles. The Balaban J connectivity index is 1.39. The second kappa shape index (κ2) is 7.53. The molecule has 3 heteroatoms. The van der Waals surface area contributed by atoms with Crippen LogP contribution in [0.2, 0.25) is 0 Å². The summed E-state index contributed by atoms with van der Waals surface area (Å²) in [5, 5.41) is 5.89. The molecule has 1 unspecified atom stereocenters. The molecule has 1 aromatic heterocycles. The molecule has 7 rings (SSSR count). The normalized spacial score (nSPS) is 14.6. The highest BCUT2D eigenvalue weighted by atomic mass is 16.5. The predicted octanol–water partition coefficient (Wildman–Crippen LogP) is 7.95. The molecule has 2 heterocycles. The molecule has 0 fully saturated rings. The smallest absolute Gasteiger partial charge is 0.196 e. The van der Waals surface area contributed by atoms with Gasteiger partial charge in [0.15, 0.2) is 12.0 Å². The summed E-state index contributed by atoms with van der Waals surface area (Å²) < 4.78 is 8.85. The SMILES string of the molecule is c1ccc(-c2ccc(-n3c4ccccc4c4c5c(ccc43)NC(c3ccccc3)O5)cc2)cc1. The molecular formula is C31H22N2O. The van der Waals surface area contributed by atoms with Gasteiger partial charge in [0.1, 0.15) is 0 Å². The first-order valence-electron chi connectivity index (χ1n) is 11.6. The molecule has 5 aromatic carbocycles. The fraction of sp³-hybridized carbons (Fsp3) is 0.0323. The fourth-order valence-corrected chi connectivity index (χ4v) is 5.04. The molecule has 34 heavy (non-hydrogen) atoms. The topological polar surface area (TPSA) is 26.2 Å². The van der Waals surface area contributed by atoms with Crippen LogP contribution in [0.5, 0.6) is 5.75 Å². The summed E-state index contributed by atoms with van der Waals surface area (Å²) in [6.07, 6.45) is -0.186. The highest BCUT2D eigenvalue weighted by Crippen LogP contribution is 2.47. The van der Waals surface area contributed by atoms with Gasteiger partial charge in [0.2, 0.25) is 0 Å².